The van der Waals surface area contributed by atoms with Gasteiger partial charge in [-0.15, -0.1) is 0 Å². The van der Waals surface area contributed by atoms with Crippen molar-refractivity contribution in [1.82, 2.24) is 5.32 Å². The summed E-state index contributed by atoms with van der Waals surface area (Å²) in [4.78, 5) is 12.9. The molecule has 0 fully saturated rings. The molecule has 0 unspecified atom stereocenters. The average molecular weight is 483 g/mol. The third-order valence-electron chi connectivity index (χ3n) is 5.41. The fourth-order valence-electron chi connectivity index (χ4n) is 3.27. The lowest BCUT2D eigenvalue weighted by atomic mass is 10.1. The Bertz CT molecular complexity index is 1240. The van der Waals surface area contributed by atoms with Crippen LogP contribution >= 0.6 is 0 Å². The normalized spacial score (nSPS) is 11.1. The smallest absolute Gasteiger partial charge is 0.264 e. The number of amides is 1. The Morgan fingerprint density at radius 2 is 1.62 bits per heavy atom. The largest absolute Gasteiger partial charge is 0.497 e. The molecule has 0 saturated carbocycles. The summed E-state index contributed by atoms with van der Waals surface area (Å²) in [5.41, 5.74) is 3.36. The predicted octanol–water partition coefficient (Wildman–Crippen LogP) is 4.01. The van der Waals surface area contributed by atoms with Crippen molar-refractivity contribution >= 4 is 21.6 Å². The van der Waals surface area contributed by atoms with Gasteiger partial charge < -0.3 is 14.8 Å². The number of carbonyl (C=O) groups excluding carboxylic acids is 1. The zero-order valence-electron chi connectivity index (χ0n) is 19.9. The molecular weight excluding hydrogens is 452 g/mol. The summed E-state index contributed by atoms with van der Waals surface area (Å²) < 4.78 is 38.9. The molecule has 3 aromatic carbocycles. The first kappa shape index (κ1) is 25.1. The van der Waals surface area contributed by atoms with E-state index in [1.165, 1.54) is 0 Å². The predicted molar refractivity (Wildman–Crippen MR) is 133 cm³/mol. The molecule has 34 heavy (non-hydrogen) atoms. The van der Waals surface area contributed by atoms with Gasteiger partial charge in [0.2, 0.25) is 5.91 Å². The number of hydrogen-bond acceptors (Lipinski definition) is 5. The Balaban J connectivity index is 1.72. The Kier molecular flexibility index (Phi) is 8.17. The fraction of sp³-hybridized carbons (Fsp3) is 0.269. The second kappa shape index (κ2) is 11.1. The summed E-state index contributed by atoms with van der Waals surface area (Å²) in [6, 6.07) is 19.1. The Hall–Kier alpha value is -3.52. The minimum atomic E-state index is -3.95. The molecule has 0 saturated heterocycles. The molecule has 3 aromatic rings. The zero-order chi connectivity index (χ0) is 24.7. The Morgan fingerprint density at radius 1 is 0.912 bits per heavy atom. The fourth-order valence-corrected chi connectivity index (χ4v) is 4.68. The minimum Gasteiger partial charge on any atom is -0.497 e. The second-order valence-electron chi connectivity index (χ2n) is 7.97. The van der Waals surface area contributed by atoms with Crippen molar-refractivity contribution in [1.29, 1.82) is 0 Å². The van der Waals surface area contributed by atoms with Crippen LogP contribution in [0.1, 0.15) is 16.7 Å². The van der Waals surface area contributed by atoms with Gasteiger partial charge in [0.1, 0.15) is 24.7 Å². The number of benzene rings is 3. The van der Waals surface area contributed by atoms with Gasteiger partial charge in [-0.25, -0.2) is 8.42 Å². The number of sulfonamides is 1. The van der Waals surface area contributed by atoms with E-state index in [1.54, 1.807) is 55.6 Å². The number of methoxy groups -OCH3 is 1. The number of nitrogens with zero attached hydrogens (tertiary/aromatic N) is 1. The van der Waals surface area contributed by atoms with Crippen LogP contribution in [-0.2, 0) is 14.8 Å². The van der Waals surface area contributed by atoms with Gasteiger partial charge in [0.25, 0.3) is 10.0 Å². The molecule has 0 heterocycles. The average Bonchev–Trinajstić information content (AvgIpc) is 2.82. The van der Waals surface area contributed by atoms with Gasteiger partial charge in [0, 0.05) is 6.07 Å². The third-order valence-corrected chi connectivity index (χ3v) is 7.20. The first-order valence-electron chi connectivity index (χ1n) is 10.9. The molecule has 3 rings (SSSR count). The number of nitrogens with one attached hydrogen (secondary N) is 1. The Labute approximate surface area is 201 Å². The van der Waals surface area contributed by atoms with E-state index in [9.17, 15) is 13.2 Å². The van der Waals surface area contributed by atoms with Gasteiger partial charge in [0.15, 0.2) is 0 Å². The van der Waals surface area contributed by atoms with Gasteiger partial charge in [-0.1, -0.05) is 29.8 Å². The van der Waals surface area contributed by atoms with E-state index in [4.69, 9.17) is 9.47 Å². The summed E-state index contributed by atoms with van der Waals surface area (Å²) >= 11 is 0. The maximum absolute atomic E-state index is 13.5. The van der Waals surface area contributed by atoms with E-state index in [-0.39, 0.29) is 24.6 Å². The minimum absolute atomic E-state index is 0.130. The monoisotopic (exact) mass is 482 g/mol. The molecule has 0 aromatic heterocycles. The number of carbonyl (C=O) groups is 1. The molecule has 1 N–H and O–H groups in total. The number of anilines is 1. The van der Waals surface area contributed by atoms with Gasteiger partial charge in [-0.3, -0.25) is 9.10 Å². The molecule has 0 radical (unpaired) electrons. The van der Waals surface area contributed by atoms with E-state index in [2.05, 4.69) is 5.32 Å². The first-order valence-corrected chi connectivity index (χ1v) is 12.3. The molecule has 0 bridgehead atoms. The van der Waals surface area contributed by atoms with E-state index in [0.717, 1.165) is 21.0 Å². The van der Waals surface area contributed by atoms with Crippen molar-refractivity contribution < 1.29 is 22.7 Å². The van der Waals surface area contributed by atoms with Crippen LogP contribution in [0.5, 0.6) is 11.5 Å². The van der Waals surface area contributed by atoms with Crippen LogP contribution in [0.4, 0.5) is 5.69 Å². The standard InChI is InChI=1S/C26H30N2O5S/c1-19-8-12-25(13-9-19)34(30,31)28(22-11-10-20(2)21(3)16-22)18-26(29)27-14-15-33-24-7-5-6-23(17-24)32-4/h5-13,16-17H,14-15,18H2,1-4H3,(H,27,29). The molecule has 0 spiro atoms. The van der Waals surface area contributed by atoms with Crippen molar-refractivity contribution in [2.24, 2.45) is 0 Å². The van der Waals surface area contributed by atoms with Crippen molar-refractivity contribution in [2.45, 2.75) is 25.7 Å². The quantitative estimate of drug-likeness (QED) is 0.442. The van der Waals surface area contributed by atoms with Crippen LogP contribution in [0.25, 0.3) is 0 Å². The second-order valence-corrected chi connectivity index (χ2v) is 9.83. The summed E-state index contributed by atoms with van der Waals surface area (Å²) in [6.45, 7) is 5.85. The zero-order valence-corrected chi connectivity index (χ0v) is 20.7. The molecule has 0 atom stereocenters. The topological polar surface area (TPSA) is 84.9 Å². The van der Waals surface area contributed by atoms with E-state index < -0.39 is 15.9 Å². The van der Waals surface area contributed by atoms with Gasteiger partial charge in [-0.05, 0) is 68.3 Å². The molecular formula is C26H30N2O5S. The van der Waals surface area contributed by atoms with Gasteiger partial charge >= 0.3 is 0 Å². The SMILES string of the molecule is COc1cccc(OCCNC(=O)CN(c2ccc(C)c(C)c2)S(=O)(=O)c2ccc(C)cc2)c1. The highest BCUT2D eigenvalue weighted by molar-refractivity contribution is 7.92. The lowest BCUT2D eigenvalue weighted by molar-refractivity contribution is -0.119. The van der Waals surface area contributed by atoms with Crippen molar-refractivity contribution in [3.05, 3.63) is 83.4 Å². The molecule has 8 heteroatoms. The molecule has 0 aliphatic heterocycles. The van der Waals surface area contributed by atoms with Crippen LogP contribution in [0.2, 0.25) is 0 Å². The van der Waals surface area contributed by atoms with Gasteiger partial charge in [0.05, 0.1) is 24.2 Å². The van der Waals surface area contributed by atoms with Crippen LogP contribution in [-0.4, -0.2) is 41.1 Å². The summed E-state index contributed by atoms with van der Waals surface area (Å²) in [7, 11) is -2.37. The third kappa shape index (κ3) is 6.29. The summed E-state index contributed by atoms with van der Waals surface area (Å²) in [5.74, 6) is 0.863. The molecule has 0 aliphatic rings. The number of ether oxygens (including phenoxy) is 2. The van der Waals surface area contributed by atoms with Crippen LogP contribution in [0, 0.1) is 20.8 Å². The van der Waals surface area contributed by atoms with Crippen molar-refractivity contribution in [2.75, 3.05) is 31.1 Å². The highest BCUT2D eigenvalue weighted by Crippen LogP contribution is 2.26. The van der Waals surface area contributed by atoms with Gasteiger partial charge in [-0.2, -0.15) is 0 Å². The van der Waals surface area contributed by atoms with E-state index >= 15 is 0 Å². The van der Waals surface area contributed by atoms with E-state index in [0.29, 0.717) is 17.2 Å². The molecule has 0 aliphatic carbocycles. The van der Waals surface area contributed by atoms with Crippen LogP contribution < -0.4 is 19.1 Å². The first-order chi connectivity index (χ1) is 16.2. The number of hydrogen-bond donors (Lipinski definition) is 1. The number of aryl methyl sites for hydroxylation is 3. The Morgan fingerprint density at radius 3 is 2.29 bits per heavy atom. The van der Waals surface area contributed by atoms with Crippen LogP contribution in [0.3, 0.4) is 0 Å². The van der Waals surface area contributed by atoms with Crippen molar-refractivity contribution in [3.8, 4) is 11.5 Å². The van der Waals surface area contributed by atoms with Crippen molar-refractivity contribution in [3.63, 3.8) is 0 Å². The van der Waals surface area contributed by atoms with Crippen LogP contribution in [0.15, 0.2) is 71.6 Å². The molecule has 1 amide bonds. The summed E-state index contributed by atoms with van der Waals surface area (Å²) in [6.07, 6.45) is 0. The molecule has 7 nitrogen and oxygen atoms in total. The highest BCUT2D eigenvalue weighted by Gasteiger charge is 2.27. The van der Waals surface area contributed by atoms with E-state index in [1.807, 2.05) is 39.0 Å². The highest BCUT2D eigenvalue weighted by atomic mass is 32.2. The summed E-state index contributed by atoms with van der Waals surface area (Å²) in [5, 5.41) is 2.74. The lowest BCUT2D eigenvalue weighted by Crippen LogP contribution is -2.42. The number of rotatable bonds is 10. The lowest BCUT2D eigenvalue weighted by Gasteiger charge is -2.25. The maximum Gasteiger partial charge on any atom is 0.264 e. The maximum atomic E-state index is 13.5. The molecule has 180 valence electrons.